The Labute approximate surface area is 92.2 Å². The Kier molecular flexibility index (Phi) is 5.62. The van der Waals surface area contributed by atoms with E-state index >= 15 is 0 Å². The summed E-state index contributed by atoms with van der Waals surface area (Å²) in [6, 6.07) is 2.24. The van der Waals surface area contributed by atoms with E-state index in [1.54, 1.807) is 0 Å². The molecule has 2 unspecified atom stereocenters. The molecule has 0 bridgehead atoms. The predicted octanol–water partition coefficient (Wildman–Crippen LogP) is 0.599. The van der Waals surface area contributed by atoms with E-state index in [2.05, 4.69) is 23.2 Å². The molecule has 0 spiro atoms. The highest BCUT2D eigenvalue weighted by Gasteiger charge is 2.18. The summed E-state index contributed by atoms with van der Waals surface area (Å²) in [5.74, 6) is 0. The maximum atomic E-state index is 8.95. The summed E-state index contributed by atoms with van der Waals surface area (Å²) < 4.78 is 5.56. The lowest BCUT2D eigenvalue weighted by molar-refractivity contribution is 0.0672. The van der Waals surface area contributed by atoms with Crippen LogP contribution in [0, 0.1) is 11.3 Å². The molecule has 1 fully saturated rings. The van der Waals surface area contributed by atoms with E-state index in [0.717, 1.165) is 39.2 Å². The van der Waals surface area contributed by atoms with Crippen molar-refractivity contribution in [1.82, 2.24) is 10.2 Å². The van der Waals surface area contributed by atoms with Crippen LogP contribution in [0.25, 0.3) is 0 Å². The molecule has 0 aromatic rings. The van der Waals surface area contributed by atoms with Crippen molar-refractivity contribution in [3.05, 3.63) is 0 Å². The summed E-state index contributed by atoms with van der Waals surface area (Å²) in [7, 11) is 0. The number of rotatable bonds is 4. The molecule has 1 heterocycles. The van der Waals surface area contributed by atoms with Crippen LogP contribution < -0.4 is 5.32 Å². The molecule has 4 nitrogen and oxygen atoms in total. The number of ether oxygens (including phenoxy) is 1. The number of nitrogens with one attached hydrogen (secondary N) is 1. The largest absolute Gasteiger partial charge is 0.377 e. The molecule has 1 rings (SSSR count). The SMILES string of the molecule is CCNC(C#N)CN1CCCOC(C)C1. The molecule has 0 aromatic heterocycles. The average molecular weight is 211 g/mol. The van der Waals surface area contributed by atoms with Gasteiger partial charge in [0.05, 0.1) is 12.2 Å². The molecule has 15 heavy (non-hydrogen) atoms. The van der Waals surface area contributed by atoms with Crippen LogP contribution >= 0.6 is 0 Å². The minimum atomic E-state index is -0.0553. The van der Waals surface area contributed by atoms with E-state index in [0.29, 0.717) is 0 Å². The lowest BCUT2D eigenvalue weighted by Crippen LogP contribution is -2.42. The fourth-order valence-corrected chi connectivity index (χ4v) is 1.90. The Morgan fingerprint density at radius 2 is 2.47 bits per heavy atom. The Hall–Kier alpha value is -0.630. The standard InChI is InChI=1S/C11H21N3O/c1-3-13-11(7-12)9-14-5-4-6-15-10(2)8-14/h10-11,13H,3-6,8-9H2,1-2H3. The third-order valence-corrected chi connectivity index (χ3v) is 2.58. The quantitative estimate of drug-likeness (QED) is 0.739. The van der Waals surface area contributed by atoms with Crippen molar-refractivity contribution in [1.29, 1.82) is 5.26 Å². The van der Waals surface area contributed by atoms with Gasteiger partial charge in [-0.2, -0.15) is 5.26 Å². The zero-order valence-corrected chi connectivity index (χ0v) is 9.70. The monoisotopic (exact) mass is 211 g/mol. The van der Waals surface area contributed by atoms with Crippen LogP contribution in [0.3, 0.4) is 0 Å². The number of hydrogen-bond acceptors (Lipinski definition) is 4. The third kappa shape index (κ3) is 4.61. The number of hydrogen-bond donors (Lipinski definition) is 1. The van der Waals surface area contributed by atoms with Crippen molar-refractivity contribution in [2.24, 2.45) is 0 Å². The van der Waals surface area contributed by atoms with Crippen LogP contribution in [0.2, 0.25) is 0 Å². The first-order valence-electron chi connectivity index (χ1n) is 5.73. The van der Waals surface area contributed by atoms with Gasteiger partial charge >= 0.3 is 0 Å². The van der Waals surface area contributed by atoms with Crippen LogP contribution in [0.5, 0.6) is 0 Å². The van der Waals surface area contributed by atoms with Crippen LogP contribution in [0.15, 0.2) is 0 Å². The molecule has 0 saturated carbocycles. The van der Waals surface area contributed by atoms with Gasteiger partial charge in [-0.3, -0.25) is 4.90 Å². The lowest BCUT2D eigenvalue weighted by atomic mass is 10.2. The van der Waals surface area contributed by atoms with Gasteiger partial charge in [0, 0.05) is 26.2 Å². The first-order valence-corrected chi connectivity index (χ1v) is 5.73. The summed E-state index contributed by atoms with van der Waals surface area (Å²) in [5.41, 5.74) is 0. The zero-order valence-electron chi connectivity index (χ0n) is 9.70. The Morgan fingerprint density at radius 3 is 3.13 bits per heavy atom. The lowest BCUT2D eigenvalue weighted by Gasteiger charge is -2.24. The maximum absolute atomic E-state index is 8.95. The fraction of sp³-hybridized carbons (Fsp3) is 0.909. The molecule has 1 aliphatic rings. The predicted molar refractivity (Wildman–Crippen MR) is 59.5 cm³/mol. The van der Waals surface area contributed by atoms with Crippen LogP contribution in [-0.4, -0.2) is 49.8 Å². The van der Waals surface area contributed by atoms with E-state index < -0.39 is 0 Å². The van der Waals surface area contributed by atoms with Crippen molar-refractivity contribution >= 4 is 0 Å². The summed E-state index contributed by atoms with van der Waals surface area (Å²) in [4.78, 5) is 2.31. The second-order valence-corrected chi connectivity index (χ2v) is 4.03. The second-order valence-electron chi connectivity index (χ2n) is 4.03. The maximum Gasteiger partial charge on any atom is 0.108 e. The minimum Gasteiger partial charge on any atom is -0.377 e. The van der Waals surface area contributed by atoms with Gasteiger partial charge in [0.25, 0.3) is 0 Å². The van der Waals surface area contributed by atoms with Crippen molar-refractivity contribution in [3.8, 4) is 6.07 Å². The first-order chi connectivity index (χ1) is 7.26. The number of nitriles is 1. The molecule has 1 N–H and O–H groups in total. The van der Waals surface area contributed by atoms with E-state index in [-0.39, 0.29) is 12.1 Å². The topological polar surface area (TPSA) is 48.3 Å². The van der Waals surface area contributed by atoms with Gasteiger partial charge in [-0.05, 0) is 19.9 Å². The summed E-state index contributed by atoms with van der Waals surface area (Å²) in [5, 5.41) is 12.1. The minimum absolute atomic E-state index is 0.0553. The molecule has 86 valence electrons. The van der Waals surface area contributed by atoms with Gasteiger partial charge in [-0.1, -0.05) is 6.92 Å². The van der Waals surface area contributed by atoms with Gasteiger partial charge in [-0.15, -0.1) is 0 Å². The van der Waals surface area contributed by atoms with Gasteiger partial charge in [0.2, 0.25) is 0 Å². The number of nitrogens with zero attached hydrogens (tertiary/aromatic N) is 2. The molecule has 0 aliphatic carbocycles. The molecule has 1 saturated heterocycles. The fourth-order valence-electron chi connectivity index (χ4n) is 1.90. The van der Waals surface area contributed by atoms with Crippen molar-refractivity contribution in [2.45, 2.75) is 32.4 Å². The second kappa shape index (κ2) is 6.78. The molecule has 4 heteroatoms. The normalized spacial score (nSPS) is 25.5. The van der Waals surface area contributed by atoms with E-state index in [4.69, 9.17) is 10.00 Å². The summed E-state index contributed by atoms with van der Waals surface area (Å²) >= 11 is 0. The van der Waals surface area contributed by atoms with E-state index in [9.17, 15) is 0 Å². The van der Waals surface area contributed by atoms with E-state index in [1.165, 1.54) is 0 Å². The Morgan fingerprint density at radius 1 is 1.67 bits per heavy atom. The molecule has 0 amide bonds. The molecular formula is C11H21N3O. The highest BCUT2D eigenvalue weighted by Crippen LogP contribution is 2.05. The Balaban J connectivity index is 2.37. The van der Waals surface area contributed by atoms with Gasteiger partial charge in [0.15, 0.2) is 0 Å². The molecular weight excluding hydrogens is 190 g/mol. The molecule has 0 radical (unpaired) electrons. The average Bonchev–Trinajstić information content (AvgIpc) is 2.42. The smallest absolute Gasteiger partial charge is 0.108 e. The highest BCUT2D eigenvalue weighted by molar-refractivity contribution is 4.92. The van der Waals surface area contributed by atoms with Crippen molar-refractivity contribution in [3.63, 3.8) is 0 Å². The molecule has 0 aromatic carbocycles. The first kappa shape index (κ1) is 12.4. The summed E-state index contributed by atoms with van der Waals surface area (Å²) in [6.45, 7) is 8.58. The van der Waals surface area contributed by atoms with Crippen LogP contribution in [0.1, 0.15) is 20.3 Å². The number of likely N-dealkylation sites (N-methyl/N-ethyl adjacent to an activating group) is 1. The van der Waals surface area contributed by atoms with Crippen molar-refractivity contribution < 1.29 is 4.74 Å². The Bertz CT molecular complexity index is 214. The molecule has 2 atom stereocenters. The highest BCUT2D eigenvalue weighted by atomic mass is 16.5. The van der Waals surface area contributed by atoms with Gasteiger partial charge in [0.1, 0.15) is 6.04 Å². The zero-order chi connectivity index (χ0) is 11.1. The van der Waals surface area contributed by atoms with Crippen molar-refractivity contribution in [2.75, 3.05) is 32.8 Å². The summed E-state index contributed by atoms with van der Waals surface area (Å²) in [6.07, 6.45) is 1.35. The van der Waals surface area contributed by atoms with Gasteiger partial charge in [-0.25, -0.2) is 0 Å². The van der Waals surface area contributed by atoms with Crippen LogP contribution in [0.4, 0.5) is 0 Å². The van der Waals surface area contributed by atoms with Gasteiger partial charge < -0.3 is 10.1 Å². The van der Waals surface area contributed by atoms with Crippen LogP contribution in [-0.2, 0) is 4.74 Å². The third-order valence-electron chi connectivity index (χ3n) is 2.58. The van der Waals surface area contributed by atoms with E-state index in [1.807, 2.05) is 6.92 Å². The molecule has 1 aliphatic heterocycles.